The molecular formula is C21H26N6O. The fraction of sp³-hybridized carbons (Fsp3) is 0.524. The molecule has 0 atom stereocenters. The SMILES string of the molecule is NCCc1nc(N2CCC(Cc3noc(C4CC4)n3)CC2)c2ccccc2n1. The molecule has 0 bridgehead atoms. The molecule has 1 saturated heterocycles. The van der Waals surface area contributed by atoms with Crippen LogP contribution in [0.4, 0.5) is 5.82 Å². The number of rotatable bonds is 6. The van der Waals surface area contributed by atoms with Gasteiger partial charge in [0.05, 0.1) is 5.52 Å². The average molecular weight is 378 g/mol. The van der Waals surface area contributed by atoms with Gasteiger partial charge in [0, 0.05) is 37.2 Å². The van der Waals surface area contributed by atoms with Crippen molar-refractivity contribution in [1.29, 1.82) is 0 Å². The molecule has 3 aromatic rings. The van der Waals surface area contributed by atoms with Gasteiger partial charge >= 0.3 is 0 Å². The Morgan fingerprint density at radius 3 is 2.61 bits per heavy atom. The number of anilines is 1. The molecule has 0 radical (unpaired) electrons. The van der Waals surface area contributed by atoms with Crippen LogP contribution in [0.3, 0.4) is 0 Å². The molecule has 5 rings (SSSR count). The smallest absolute Gasteiger partial charge is 0.229 e. The predicted molar refractivity (Wildman–Crippen MR) is 107 cm³/mol. The molecule has 7 heteroatoms. The zero-order chi connectivity index (χ0) is 18.9. The Kier molecular flexibility index (Phi) is 4.68. The summed E-state index contributed by atoms with van der Waals surface area (Å²) in [7, 11) is 0. The van der Waals surface area contributed by atoms with Gasteiger partial charge in [-0.15, -0.1) is 0 Å². The van der Waals surface area contributed by atoms with Gasteiger partial charge in [-0.3, -0.25) is 0 Å². The maximum Gasteiger partial charge on any atom is 0.229 e. The van der Waals surface area contributed by atoms with Gasteiger partial charge in [0.2, 0.25) is 5.89 Å². The van der Waals surface area contributed by atoms with Gasteiger partial charge in [0.15, 0.2) is 5.82 Å². The summed E-state index contributed by atoms with van der Waals surface area (Å²) in [6.07, 6.45) is 6.22. The monoisotopic (exact) mass is 378 g/mol. The van der Waals surface area contributed by atoms with Crippen LogP contribution in [0.5, 0.6) is 0 Å². The highest BCUT2D eigenvalue weighted by atomic mass is 16.5. The summed E-state index contributed by atoms with van der Waals surface area (Å²) < 4.78 is 5.41. The van der Waals surface area contributed by atoms with Crippen molar-refractivity contribution in [1.82, 2.24) is 20.1 Å². The van der Waals surface area contributed by atoms with Crippen molar-refractivity contribution < 1.29 is 4.52 Å². The lowest BCUT2D eigenvalue weighted by Gasteiger charge is -2.33. The molecule has 2 N–H and O–H groups in total. The van der Waals surface area contributed by atoms with Crippen LogP contribution in [-0.4, -0.2) is 39.7 Å². The normalized spacial score (nSPS) is 18.1. The molecule has 2 aromatic heterocycles. The van der Waals surface area contributed by atoms with Gasteiger partial charge in [-0.05, 0) is 50.3 Å². The first-order valence-corrected chi connectivity index (χ1v) is 10.3. The third-order valence-corrected chi connectivity index (χ3v) is 5.79. The zero-order valence-electron chi connectivity index (χ0n) is 16.0. The standard InChI is InChI=1S/C21H26N6O/c22-10-7-18-23-17-4-2-1-3-16(17)20(24-18)27-11-8-14(9-12-27)13-19-25-21(28-26-19)15-5-6-15/h1-4,14-15H,5-13,22H2. The van der Waals surface area contributed by atoms with Crippen LogP contribution in [0.15, 0.2) is 28.8 Å². The van der Waals surface area contributed by atoms with E-state index < -0.39 is 0 Å². The van der Waals surface area contributed by atoms with E-state index in [1.807, 2.05) is 6.07 Å². The number of hydrogen-bond acceptors (Lipinski definition) is 7. The summed E-state index contributed by atoms with van der Waals surface area (Å²) in [5.74, 6) is 4.71. The van der Waals surface area contributed by atoms with Gasteiger partial charge in [0.25, 0.3) is 0 Å². The molecule has 28 heavy (non-hydrogen) atoms. The van der Waals surface area contributed by atoms with Crippen molar-refractivity contribution in [3.63, 3.8) is 0 Å². The maximum absolute atomic E-state index is 5.74. The summed E-state index contributed by atoms with van der Waals surface area (Å²) in [5, 5.41) is 5.31. The van der Waals surface area contributed by atoms with Crippen molar-refractivity contribution >= 4 is 16.7 Å². The van der Waals surface area contributed by atoms with E-state index in [-0.39, 0.29) is 0 Å². The first-order chi connectivity index (χ1) is 13.8. The Bertz CT molecular complexity index is 958. The number of benzene rings is 1. The number of para-hydroxylation sites is 1. The summed E-state index contributed by atoms with van der Waals surface area (Å²) in [6, 6.07) is 8.25. The topological polar surface area (TPSA) is 94.0 Å². The molecule has 1 aliphatic carbocycles. The van der Waals surface area contributed by atoms with E-state index in [4.69, 9.17) is 15.2 Å². The second-order valence-corrected chi connectivity index (χ2v) is 7.98. The Balaban J connectivity index is 1.29. The number of nitrogens with zero attached hydrogens (tertiary/aromatic N) is 5. The lowest BCUT2D eigenvalue weighted by Crippen LogP contribution is -2.35. The third-order valence-electron chi connectivity index (χ3n) is 5.79. The van der Waals surface area contributed by atoms with Gasteiger partial charge < -0.3 is 15.2 Å². The first-order valence-electron chi connectivity index (χ1n) is 10.3. The highest BCUT2D eigenvalue weighted by Crippen LogP contribution is 2.39. The van der Waals surface area contributed by atoms with Gasteiger partial charge in [-0.1, -0.05) is 17.3 Å². The largest absolute Gasteiger partial charge is 0.356 e. The van der Waals surface area contributed by atoms with E-state index in [0.29, 0.717) is 24.8 Å². The van der Waals surface area contributed by atoms with Crippen LogP contribution in [-0.2, 0) is 12.8 Å². The van der Waals surface area contributed by atoms with E-state index in [1.54, 1.807) is 0 Å². The Morgan fingerprint density at radius 1 is 1.00 bits per heavy atom. The first kappa shape index (κ1) is 17.6. The summed E-state index contributed by atoms with van der Waals surface area (Å²) >= 11 is 0. The van der Waals surface area contributed by atoms with Crippen LogP contribution in [0, 0.1) is 5.92 Å². The minimum atomic E-state index is 0.525. The van der Waals surface area contributed by atoms with Crippen molar-refractivity contribution in [2.24, 2.45) is 11.7 Å². The second kappa shape index (κ2) is 7.47. The number of nitrogens with two attached hydrogens (primary N) is 1. The highest BCUT2D eigenvalue weighted by Gasteiger charge is 2.30. The lowest BCUT2D eigenvalue weighted by atomic mass is 9.93. The maximum atomic E-state index is 5.74. The Hall–Kier alpha value is -2.54. The molecule has 3 heterocycles. The molecule has 7 nitrogen and oxygen atoms in total. The van der Waals surface area contributed by atoms with Gasteiger partial charge in [-0.25, -0.2) is 9.97 Å². The molecular weight excluding hydrogens is 352 g/mol. The molecule has 2 aliphatic rings. The molecule has 0 amide bonds. The van der Waals surface area contributed by atoms with Crippen molar-refractivity contribution in [2.45, 2.75) is 44.4 Å². The van der Waals surface area contributed by atoms with E-state index in [0.717, 1.165) is 66.6 Å². The van der Waals surface area contributed by atoms with Crippen LogP contribution in [0.1, 0.15) is 49.1 Å². The highest BCUT2D eigenvalue weighted by molar-refractivity contribution is 5.89. The molecule has 1 saturated carbocycles. The van der Waals surface area contributed by atoms with E-state index in [9.17, 15) is 0 Å². The summed E-state index contributed by atoms with van der Waals surface area (Å²) in [4.78, 5) is 16.5. The van der Waals surface area contributed by atoms with E-state index >= 15 is 0 Å². The molecule has 0 spiro atoms. The number of piperidine rings is 1. The van der Waals surface area contributed by atoms with Gasteiger partial charge in [-0.2, -0.15) is 4.98 Å². The van der Waals surface area contributed by atoms with Crippen LogP contribution >= 0.6 is 0 Å². The second-order valence-electron chi connectivity index (χ2n) is 7.98. The number of fused-ring (bicyclic) bond motifs is 1. The Labute approximate surface area is 164 Å². The molecule has 1 aromatic carbocycles. The molecule has 2 fully saturated rings. The van der Waals surface area contributed by atoms with Crippen LogP contribution in [0.2, 0.25) is 0 Å². The average Bonchev–Trinajstić information content (AvgIpc) is 3.48. The fourth-order valence-corrected chi connectivity index (χ4v) is 4.04. The summed E-state index contributed by atoms with van der Waals surface area (Å²) in [6.45, 7) is 2.54. The molecule has 146 valence electrons. The molecule has 1 aliphatic heterocycles. The van der Waals surface area contributed by atoms with Crippen molar-refractivity contribution in [3.05, 3.63) is 41.8 Å². The third kappa shape index (κ3) is 3.58. The quantitative estimate of drug-likeness (QED) is 0.705. The molecule has 0 unspecified atom stereocenters. The van der Waals surface area contributed by atoms with Crippen molar-refractivity contribution in [2.75, 3.05) is 24.5 Å². The van der Waals surface area contributed by atoms with Crippen LogP contribution < -0.4 is 10.6 Å². The van der Waals surface area contributed by atoms with Crippen molar-refractivity contribution in [3.8, 4) is 0 Å². The van der Waals surface area contributed by atoms with Crippen LogP contribution in [0.25, 0.3) is 10.9 Å². The van der Waals surface area contributed by atoms with E-state index in [2.05, 4.69) is 38.2 Å². The zero-order valence-corrected chi connectivity index (χ0v) is 16.0. The lowest BCUT2D eigenvalue weighted by molar-refractivity contribution is 0.358. The Morgan fingerprint density at radius 2 is 1.82 bits per heavy atom. The van der Waals surface area contributed by atoms with Gasteiger partial charge in [0.1, 0.15) is 11.6 Å². The number of aromatic nitrogens is 4. The number of hydrogen-bond donors (Lipinski definition) is 1. The fourth-order valence-electron chi connectivity index (χ4n) is 4.04. The summed E-state index contributed by atoms with van der Waals surface area (Å²) in [5.41, 5.74) is 6.73. The van der Waals surface area contributed by atoms with E-state index in [1.165, 1.54) is 12.8 Å². The minimum Gasteiger partial charge on any atom is -0.356 e. The minimum absolute atomic E-state index is 0.525. The predicted octanol–water partition coefficient (Wildman–Crippen LogP) is 2.85.